The van der Waals surface area contributed by atoms with Gasteiger partial charge in [-0.2, -0.15) is 0 Å². The molecule has 0 fully saturated rings. The molecular weight excluding hydrogens is 340 g/mol. The average Bonchev–Trinajstić information content (AvgIpc) is 2.66. The fourth-order valence-electron chi connectivity index (χ4n) is 2.31. The van der Waals surface area contributed by atoms with Gasteiger partial charge in [0.05, 0.1) is 0 Å². The van der Waals surface area contributed by atoms with E-state index in [1.54, 1.807) is 0 Å². The predicted molar refractivity (Wildman–Crippen MR) is 121 cm³/mol. The second kappa shape index (κ2) is 27.3. The summed E-state index contributed by atoms with van der Waals surface area (Å²) in [6.07, 6.45) is 3.48. The summed E-state index contributed by atoms with van der Waals surface area (Å²) in [6.45, 7) is 21.1. The summed E-state index contributed by atoms with van der Waals surface area (Å²) in [7, 11) is 3.75. The van der Waals surface area contributed by atoms with Gasteiger partial charge in [0.1, 0.15) is 0 Å². The maximum absolute atomic E-state index is 9.87. The zero-order chi connectivity index (χ0) is 21.3. The summed E-state index contributed by atoms with van der Waals surface area (Å²) in [6, 6.07) is -0.443. The van der Waals surface area contributed by atoms with Gasteiger partial charge in [0, 0.05) is 6.54 Å². The Bertz CT molecular complexity index is 255. The number of hydrogen-bond acceptors (Lipinski definition) is 5. The number of nitrogens with two attached hydrogens (primary N) is 1. The normalized spacial score (nSPS) is 10.1. The van der Waals surface area contributed by atoms with Gasteiger partial charge in [0.15, 0.2) is 0 Å². The second-order valence-electron chi connectivity index (χ2n) is 6.30. The van der Waals surface area contributed by atoms with Crippen LogP contribution in [0.5, 0.6) is 0 Å². The first-order valence-corrected chi connectivity index (χ1v) is 10.7. The Hall–Kier alpha value is -0.890. The molecule has 0 atom stereocenters. The first-order chi connectivity index (χ1) is 13.0. The SMILES string of the molecule is CCCNC(N)=O.CCN(CC)CCCNCCCN(CC)CC.CNC. The number of urea groups is 1. The van der Waals surface area contributed by atoms with Gasteiger partial charge in [-0.3, -0.25) is 0 Å². The van der Waals surface area contributed by atoms with Gasteiger partial charge < -0.3 is 31.5 Å². The van der Waals surface area contributed by atoms with Crippen molar-refractivity contribution in [2.24, 2.45) is 5.73 Å². The number of rotatable bonds is 14. The first kappa shape index (κ1) is 30.8. The van der Waals surface area contributed by atoms with Crippen LogP contribution in [0.1, 0.15) is 53.9 Å². The van der Waals surface area contributed by atoms with E-state index in [2.05, 4.69) is 53.4 Å². The molecule has 5 N–H and O–H groups in total. The molecule has 27 heavy (non-hydrogen) atoms. The van der Waals surface area contributed by atoms with Crippen molar-refractivity contribution in [1.82, 2.24) is 25.8 Å². The highest BCUT2D eigenvalue weighted by Crippen LogP contribution is 1.91. The number of nitrogens with one attached hydrogen (secondary N) is 3. The molecule has 0 bridgehead atoms. The number of carbonyl (C=O) groups excluding carboxylic acids is 1. The lowest BCUT2D eigenvalue weighted by Gasteiger charge is -2.19. The number of primary amides is 1. The van der Waals surface area contributed by atoms with Crippen molar-refractivity contribution < 1.29 is 4.79 Å². The van der Waals surface area contributed by atoms with E-state index in [9.17, 15) is 4.79 Å². The van der Waals surface area contributed by atoms with Crippen LogP contribution in [0, 0.1) is 0 Å². The van der Waals surface area contributed by atoms with Crippen molar-refractivity contribution in [3.63, 3.8) is 0 Å². The molecule has 0 saturated heterocycles. The average molecular weight is 391 g/mol. The number of nitrogens with zero attached hydrogens (tertiary/aromatic N) is 2. The summed E-state index contributed by atoms with van der Waals surface area (Å²) < 4.78 is 0. The molecule has 0 rings (SSSR count). The molecular formula is C20H50N6O. The van der Waals surface area contributed by atoms with E-state index in [1.807, 2.05) is 21.0 Å². The molecule has 0 aliphatic rings. The molecule has 0 unspecified atom stereocenters. The molecule has 7 heteroatoms. The fraction of sp³-hybridized carbons (Fsp3) is 0.950. The second-order valence-corrected chi connectivity index (χ2v) is 6.30. The van der Waals surface area contributed by atoms with E-state index in [4.69, 9.17) is 5.73 Å². The Morgan fingerprint density at radius 2 is 1.15 bits per heavy atom. The molecule has 0 aromatic heterocycles. The third kappa shape index (κ3) is 30.1. The maximum Gasteiger partial charge on any atom is 0.312 e. The molecule has 0 saturated carbocycles. The van der Waals surface area contributed by atoms with E-state index >= 15 is 0 Å². The van der Waals surface area contributed by atoms with Crippen LogP contribution in [0.4, 0.5) is 4.79 Å². The van der Waals surface area contributed by atoms with Crippen LogP contribution >= 0.6 is 0 Å². The van der Waals surface area contributed by atoms with Crippen LogP contribution in [-0.4, -0.2) is 88.8 Å². The van der Waals surface area contributed by atoms with Crippen LogP contribution in [0.15, 0.2) is 0 Å². The Kier molecular flexibility index (Phi) is 31.2. The lowest BCUT2D eigenvalue weighted by molar-refractivity contribution is 0.249. The minimum Gasteiger partial charge on any atom is -0.352 e. The van der Waals surface area contributed by atoms with Crippen LogP contribution < -0.4 is 21.7 Å². The summed E-state index contributed by atoms with van der Waals surface area (Å²) >= 11 is 0. The zero-order valence-corrected chi connectivity index (χ0v) is 19.4. The number of hydrogen-bond donors (Lipinski definition) is 4. The summed E-state index contributed by atoms with van der Waals surface area (Å²) in [4.78, 5) is 14.8. The third-order valence-corrected chi connectivity index (χ3v) is 3.99. The monoisotopic (exact) mass is 390 g/mol. The predicted octanol–water partition coefficient (Wildman–Crippen LogP) is 1.94. The van der Waals surface area contributed by atoms with Gasteiger partial charge in [-0.1, -0.05) is 34.6 Å². The Labute approximate surface area is 169 Å². The third-order valence-electron chi connectivity index (χ3n) is 3.99. The van der Waals surface area contributed by atoms with Gasteiger partial charge >= 0.3 is 6.03 Å². The molecule has 0 aliphatic carbocycles. The molecule has 0 aromatic rings. The summed E-state index contributed by atoms with van der Waals surface area (Å²) in [5, 5.41) is 8.72. The van der Waals surface area contributed by atoms with Crippen LogP contribution in [0.25, 0.3) is 0 Å². The largest absolute Gasteiger partial charge is 0.352 e. The lowest BCUT2D eigenvalue weighted by atomic mass is 10.3. The molecule has 0 aromatic carbocycles. The van der Waals surface area contributed by atoms with Crippen molar-refractivity contribution in [2.75, 3.05) is 73.0 Å². The smallest absolute Gasteiger partial charge is 0.312 e. The Morgan fingerprint density at radius 3 is 1.37 bits per heavy atom. The van der Waals surface area contributed by atoms with Crippen molar-refractivity contribution in [3.8, 4) is 0 Å². The standard InChI is InChI=1S/C14H33N3.C4H10N2O.C2H7N/c1-5-16(6-2)13-9-11-15-12-10-14-17(7-3)8-4;1-2-3-6-4(5)7;1-3-2/h15H,5-14H2,1-4H3;2-3H2,1H3,(H3,5,6,7);3H,1-2H3. The highest BCUT2D eigenvalue weighted by atomic mass is 16.2. The molecule has 0 heterocycles. The minimum absolute atomic E-state index is 0.443. The minimum atomic E-state index is -0.443. The molecule has 166 valence electrons. The molecule has 7 nitrogen and oxygen atoms in total. The summed E-state index contributed by atoms with van der Waals surface area (Å²) in [5.41, 5.74) is 4.73. The molecule has 0 radical (unpaired) electrons. The van der Waals surface area contributed by atoms with E-state index < -0.39 is 6.03 Å². The first-order valence-electron chi connectivity index (χ1n) is 10.7. The topological polar surface area (TPSA) is 85.7 Å². The fourth-order valence-corrected chi connectivity index (χ4v) is 2.31. The van der Waals surface area contributed by atoms with Gasteiger partial charge in [-0.25, -0.2) is 4.79 Å². The van der Waals surface area contributed by atoms with E-state index in [1.165, 1.54) is 52.1 Å². The number of amides is 2. The van der Waals surface area contributed by atoms with Gasteiger partial charge in [-0.05, 0) is 85.7 Å². The maximum atomic E-state index is 9.87. The van der Waals surface area contributed by atoms with Crippen molar-refractivity contribution in [3.05, 3.63) is 0 Å². The molecule has 0 aliphatic heterocycles. The van der Waals surface area contributed by atoms with Crippen molar-refractivity contribution in [2.45, 2.75) is 53.9 Å². The van der Waals surface area contributed by atoms with Gasteiger partial charge in [-0.15, -0.1) is 0 Å². The van der Waals surface area contributed by atoms with Gasteiger partial charge in [0.2, 0.25) is 0 Å². The molecule has 0 spiro atoms. The highest BCUT2D eigenvalue weighted by molar-refractivity contribution is 5.71. The van der Waals surface area contributed by atoms with Crippen LogP contribution in [-0.2, 0) is 0 Å². The van der Waals surface area contributed by atoms with E-state index in [0.29, 0.717) is 6.54 Å². The summed E-state index contributed by atoms with van der Waals surface area (Å²) in [5.74, 6) is 0. The van der Waals surface area contributed by atoms with Crippen LogP contribution in [0.3, 0.4) is 0 Å². The zero-order valence-electron chi connectivity index (χ0n) is 19.4. The Morgan fingerprint density at radius 1 is 0.778 bits per heavy atom. The van der Waals surface area contributed by atoms with Crippen molar-refractivity contribution >= 4 is 6.03 Å². The molecule has 2 amide bonds. The van der Waals surface area contributed by atoms with E-state index in [-0.39, 0.29) is 0 Å². The van der Waals surface area contributed by atoms with Crippen molar-refractivity contribution in [1.29, 1.82) is 0 Å². The lowest BCUT2D eigenvalue weighted by Crippen LogP contribution is -2.29. The Balaban J connectivity index is -0.000000476. The van der Waals surface area contributed by atoms with Gasteiger partial charge in [0.25, 0.3) is 0 Å². The highest BCUT2D eigenvalue weighted by Gasteiger charge is 1.99. The number of carbonyl (C=O) groups is 1. The van der Waals surface area contributed by atoms with E-state index in [0.717, 1.165) is 19.5 Å². The van der Waals surface area contributed by atoms with Crippen LogP contribution in [0.2, 0.25) is 0 Å². The quantitative estimate of drug-likeness (QED) is 0.341.